The van der Waals surface area contributed by atoms with Gasteiger partial charge < -0.3 is 26.3 Å². The number of hydrogen-bond donors (Lipinski definition) is 0. The Labute approximate surface area is 457 Å². The van der Waals surface area contributed by atoms with E-state index in [-0.39, 0.29) is 34.9 Å². The molecule has 76 heavy (non-hydrogen) atoms. The van der Waals surface area contributed by atoms with Crippen LogP contribution in [0.1, 0.15) is 225 Å². The van der Waals surface area contributed by atoms with Crippen molar-refractivity contribution < 1.29 is 44.9 Å². The zero-order valence-corrected chi connectivity index (χ0v) is 53.0. The fraction of sp³-hybridized carbons (Fsp3) is 0.594. The summed E-state index contributed by atoms with van der Waals surface area (Å²) in [6.45, 7) is 55.7. The Bertz CT molecular complexity index is 2840. The second-order valence-corrected chi connectivity index (χ2v) is 31.0. The normalized spacial score (nSPS) is 14.4. The van der Waals surface area contributed by atoms with Crippen LogP contribution in [-0.4, -0.2) is 37.4 Å². The van der Waals surface area contributed by atoms with Crippen molar-refractivity contribution in [2.24, 2.45) is 0 Å². The lowest BCUT2D eigenvalue weighted by atomic mass is 9.77. The van der Waals surface area contributed by atoms with E-state index < -0.39 is 62.3 Å². The first-order valence-electron chi connectivity index (χ1n) is 27.2. The van der Waals surface area contributed by atoms with Crippen molar-refractivity contribution in [1.82, 2.24) is 0 Å². The van der Waals surface area contributed by atoms with Gasteiger partial charge in [0.05, 0.1) is 13.2 Å². The maximum Gasteiger partial charge on any atom is 0.388 e. The van der Waals surface area contributed by atoms with Gasteiger partial charge in [-0.05, 0) is 104 Å². The highest BCUT2D eigenvalue weighted by Crippen LogP contribution is 2.48. The molecule has 2 heterocycles. The highest BCUT2D eigenvalue weighted by Gasteiger charge is 2.43. The summed E-state index contributed by atoms with van der Waals surface area (Å²) >= 11 is 0. The van der Waals surface area contributed by atoms with Gasteiger partial charge >= 0.3 is 28.4 Å². The Kier molecular flexibility index (Phi) is 16.8. The molecule has 0 saturated heterocycles. The molecule has 418 valence electrons. The van der Waals surface area contributed by atoms with E-state index in [0.717, 1.165) is 66.1 Å². The molecule has 6 rings (SSSR count). The average Bonchev–Trinajstić information content (AvgIpc) is 3.50. The number of ether oxygens (including phenoxy) is 2. The Morgan fingerprint density at radius 2 is 0.553 bits per heavy atom. The monoisotopic (exact) mass is 1080 g/mol. The Hall–Kier alpha value is -4.46. The van der Waals surface area contributed by atoms with E-state index in [9.17, 15) is 9.59 Å². The van der Waals surface area contributed by atoms with E-state index in [1.807, 2.05) is 0 Å². The molecule has 4 aromatic carbocycles. The second-order valence-electron chi connectivity index (χ2n) is 29.0. The summed E-state index contributed by atoms with van der Waals surface area (Å²) in [7, 11) is -5.14. The molecule has 0 aliphatic carbocycles. The molecule has 6 aromatic rings. The molecule has 0 bridgehead atoms. The van der Waals surface area contributed by atoms with Gasteiger partial charge in [-0.3, -0.25) is 9.05 Å². The van der Waals surface area contributed by atoms with Gasteiger partial charge in [-0.25, -0.2) is 9.59 Å². The first kappa shape index (κ1) is 60.8. The summed E-state index contributed by atoms with van der Waals surface area (Å²) in [5.41, 5.74) is 7.86. The maximum atomic E-state index is 14.8. The van der Waals surface area contributed by atoms with Crippen molar-refractivity contribution in [3.63, 3.8) is 0 Å². The highest BCUT2D eigenvalue weighted by molar-refractivity contribution is 7.32. The van der Waals surface area contributed by atoms with E-state index in [1.165, 1.54) is 0 Å². The summed E-state index contributed by atoms with van der Waals surface area (Å²) < 4.78 is 54.1. The molecule has 0 saturated carbocycles. The molecule has 0 amide bonds. The lowest BCUT2D eigenvalue weighted by molar-refractivity contribution is -0.164. The van der Waals surface area contributed by atoms with Crippen molar-refractivity contribution in [2.45, 2.75) is 236 Å². The SMILES string of the molecule is CCOC(=O)[C@@H](Op1oc2c(C(C)(C)C)cc(C(C)(C)C)cc2c2cc(C(C)(C)C)cc(C(C)(C)C)c2o1)[C@@H](Op1oc2c(C(C)(C)C)cc(C(C)(C)C)cc2c2cc(C(C)(C)C)cc(C(C)(C)C)c2o1)C(=O)OCC. The first-order chi connectivity index (χ1) is 34.5. The van der Waals surface area contributed by atoms with Crippen LogP contribution in [0, 0.1) is 0 Å². The molecule has 0 N–H and O–H groups in total. The van der Waals surface area contributed by atoms with Crippen molar-refractivity contribution in [2.75, 3.05) is 13.2 Å². The van der Waals surface area contributed by atoms with Gasteiger partial charge in [-0.15, -0.1) is 0 Å². The van der Waals surface area contributed by atoms with Crippen LogP contribution in [0.15, 0.2) is 65.3 Å². The summed E-state index contributed by atoms with van der Waals surface area (Å²) in [6.07, 6.45) is -3.58. The van der Waals surface area contributed by atoms with Crippen LogP contribution in [0.4, 0.5) is 0 Å². The molecule has 0 aliphatic rings. The number of carbonyl (C=O) groups excluding carboxylic acids is 2. The van der Waals surface area contributed by atoms with Crippen molar-refractivity contribution in [1.29, 1.82) is 0 Å². The molecule has 0 spiro atoms. The summed E-state index contributed by atoms with van der Waals surface area (Å²) in [6, 6.07) is 17.6. The highest BCUT2D eigenvalue weighted by atomic mass is 31.1. The average molecular weight is 1080 g/mol. The minimum absolute atomic E-state index is 0.0222. The third-order valence-electron chi connectivity index (χ3n) is 14.0. The van der Waals surface area contributed by atoms with Crippen molar-refractivity contribution >= 4 is 72.3 Å². The smallest absolute Gasteiger partial charge is 0.388 e. The van der Waals surface area contributed by atoms with Gasteiger partial charge in [0.15, 0.2) is 0 Å². The number of carbonyl (C=O) groups is 2. The van der Waals surface area contributed by atoms with Crippen LogP contribution in [0.2, 0.25) is 0 Å². The van der Waals surface area contributed by atoms with Crippen LogP contribution in [-0.2, 0) is 62.4 Å². The molecule has 0 unspecified atom stereocenters. The molecule has 0 fully saturated rings. The minimum Gasteiger partial charge on any atom is -0.464 e. The maximum absolute atomic E-state index is 14.8. The van der Waals surface area contributed by atoms with Gasteiger partial charge in [0.2, 0.25) is 12.2 Å². The van der Waals surface area contributed by atoms with Crippen LogP contribution >= 0.6 is 16.5 Å². The van der Waals surface area contributed by atoms with Gasteiger partial charge in [-0.1, -0.05) is 190 Å². The molecular weight excluding hydrogens is 991 g/mol. The van der Waals surface area contributed by atoms with Crippen LogP contribution in [0.25, 0.3) is 43.9 Å². The number of esters is 2. The first-order valence-corrected chi connectivity index (χ1v) is 29.4. The largest absolute Gasteiger partial charge is 0.464 e. The molecule has 12 heteroatoms. The standard InChI is InChI=1S/C64H92O10P2/c1-27-67-55(65)53(73-75-69-49-41(29-37(57(3,4)5)33-45(49)61(15,16)17)42-30-38(58(6,7)8)34-46(50(42)70-75)62(18,19)20)54(56(66)68-28-2)74-76-71-51-43(31-39(59(9,10)11)35-47(51)63(21,22)23)44-32-40(60(12,13)14)36-48(52(44)72-76)64(24,25)26/h29-36,53-54H,27-28H2,1-26H3/t53-,54+. The van der Waals surface area contributed by atoms with Crippen LogP contribution < -0.4 is 9.05 Å². The van der Waals surface area contributed by atoms with E-state index in [2.05, 4.69) is 215 Å². The molecule has 0 aliphatic heterocycles. The van der Waals surface area contributed by atoms with E-state index in [0.29, 0.717) is 22.3 Å². The zero-order valence-electron chi connectivity index (χ0n) is 51.2. The number of hydrogen-bond acceptors (Lipinski definition) is 10. The Balaban J connectivity index is 1.80. The summed E-state index contributed by atoms with van der Waals surface area (Å²) in [4.78, 5) is 29.7. The zero-order chi connectivity index (χ0) is 57.4. The fourth-order valence-electron chi connectivity index (χ4n) is 9.17. The Morgan fingerprint density at radius 3 is 0.711 bits per heavy atom. The number of benzene rings is 4. The van der Waals surface area contributed by atoms with Crippen LogP contribution in [0.3, 0.4) is 0 Å². The minimum atomic E-state index is -2.57. The third-order valence-corrected chi connectivity index (χ3v) is 16.1. The van der Waals surface area contributed by atoms with Gasteiger partial charge in [0, 0.05) is 43.8 Å². The van der Waals surface area contributed by atoms with E-state index >= 15 is 0 Å². The molecule has 2 aromatic heterocycles. The number of fused-ring (bicyclic) bond motifs is 6. The van der Waals surface area contributed by atoms with Crippen molar-refractivity contribution in [3.05, 3.63) is 93.0 Å². The van der Waals surface area contributed by atoms with E-state index in [1.54, 1.807) is 13.8 Å². The van der Waals surface area contributed by atoms with Gasteiger partial charge in [0.25, 0.3) is 0 Å². The van der Waals surface area contributed by atoms with Gasteiger partial charge in [0.1, 0.15) is 22.3 Å². The predicted octanol–water partition coefficient (Wildman–Crippen LogP) is 18.7. The van der Waals surface area contributed by atoms with Crippen LogP contribution in [0.5, 0.6) is 0 Å². The predicted molar refractivity (Wildman–Crippen MR) is 316 cm³/mol. The Morgan fingerprint density at radius 1 is 0.355 bits per heavy atom. The fourth-order valence-corrected chi connectivity index (χ4v) is 11.6. The molecule has 0 radical (unpaired) electrons. The van der Waals surface area contributed by atoms with E-state index in [4.69, 9.17) is 35.3 Å². The quantitative estimate of drug-likeness (QED) is 0.129. The lowest BCUT2D eigenvalue weighted by Crippen LogP contribution is -2.48. The molecule has 10 nitrogen and oxygen atoms in total. The second kappa shape index (κ2) is 21.0. The molecule has 2 atom stereocenters. The number of rotatable bonds is 9. The lowest BCUT2D eigenvalue weighted by Gasteiger charge is -2.27. The summed E-state index contributed by atoms with van der Waals surface area (Å²) in [5.74, 6) is -1.75. The summed E-state index contributed by atoms with van der Waals surface area (Å²) in [5, 5.41) is 3.38. The van der Waals surface area contributed by atoms with Crippen molar-refractivity contribution in [3.8, 4) is 0 Å². The molecular formula is C64H92O10P2. The third kappa shape index (κ3) is 13.2. The van der Waals surface area contributed by atoms with Gasteiger partial charge in [-0.2, -0.15) is 0 Å². The topological polar surface area (TPSA) is 124 Å².